The van der Waals surface area contributed by atoms with Crippen molar-refractivity contribution < 1.29 is 4.74 Å². The summed E-state index contributed by atoms with van der Waals surface area (Å²) in [5, 5.41) is 3.67. The topological polar surface area (TPSA) is 24.5 Å². The standard InChI is InChI=1S/C19H28N2O/c1-19-8-9-21(12-13-4-5-13)17(18(19)20-2)10-14-6-7-15(22-3)11-16(14)19/h6-7,11,13,17-18,20H,4-5,8-10,12H2,1-3H3. The predicted octanol–water partition coefficient (Wildman–Crippen LogP) is 2.58. The van der Waals surface area contributed by atoms with E-state index in [-0.39, 0.29) is 5.41 Å². The van der Waals surface area contributed by atoms with Crippen LogP contribution in [0.25, 0.3) is 0 Å². The zero-order chi connectivity index (χ0) is 15.3. The van der Waals surface area contributed by atoms with Crippen molar-refractivity contribution in [2.45, 2.75) is 50.1 Å². The van der Waals surface area contributed by atoms with Crippen molar-refractivity contribution >= 4 is 0 Å². The molecule has 4 rings (SSSR count). The Labute approximate surface area is 134 Å². The molecule has 0 spiro atoms. The molecule has 2 bridgehead atoms. The van der Waals surface area contributed by atoms with Crippen LogP contribution in [0.3, 0.4) is 0 Å². The summed E-state index contributed by atoms with van der Waals surface area (Å²) in [5.74, 6) is 1.97. The highest BCUT2D eigenvalue weighted by molar-refractivity contribution is 5.45. The third-order valence-electron chi connectivity index (χ3n) is 6.32. The molecule has 0 amide bonds. The molecular weight excluding hydrogens is 272 g/mol. The Bertz CT molecular complexity index is 569. The van der Waals surface area contributed by atoms with Gasteiger partial charge in [-0.2, -0.15) is 0 Å². The molecule has 0 aromatic heterocycles. The Kier molecular flexibility index (Phi) is 3.46. The predicted molar refractivity (Wildman–Crippen MR) is 89.6 cm³/mol. The Balaban J connectivity index is 1.72. The second kappa shape index (κ2) is 5.24. The highest BCUT2D eigenvalue weighted by Crippen LogP contribution is 2.46. The smallest absolute Gasteiger partial charge is 0.119 e. The number of hydrogen-bond donors (Lipinski definition) is 1. The van der Waals surface area contributed by atoms with Gasteiger partial charge in [0, 0.05) is 24.0 Å². The van der Waals surface area contributed by atoms with Crippen molar-refractivity contribution in [2.24, 2.45) is 5.92 Å². The van der Waals surface area contributed by atoms with Crippen LogP contribution in [0.4, 0.5) is 0 Å². The van der Waals surface area contributed by atoms with Gasteiger partial charge in [0.2, 0.25) is 0 Å². The first-order valence-corrected chi connectivity index (χ1v) is 8.74. The van der Waals surface area contributed by atoms with E-state index in [2.05, 4.69) is 42.4 Å². The molecule has 2 aliphatic carbocycles. The Morgan fingerprint density at radius 3 is 2.86 bits per heavy atom. The van der Waals surface area contributed by atoms with Gasteiger partial charge in [-0.05, 0) is 68.5 Å². The van der Waals surface area contributed by atoms with Gasteiger partial charge < -0.3 is 10.1 Å². The number of piperidine rings is 1. The third kappa shape index (κ3) is 2.17. The first kappa shape index (κ1) is 14.5. The average molecular weight is 300 g/mol. The summed E-state index contributed by atoms with van der Waals surface area (Å²) < 4.78 is 5.48. The molecule has 1 N–H and O–H groups in total. The average Bonchev–Trinajstić information content (AvgIpc) is 3.34. The lowest BCUT2D eigenvalue weighted by Crippen LogP contribution is -2.66. The molecule has 120 valence electrons. The summed E-state index contributed by atoms with van der Waals surface area (Å²) in [6.45, 7) is 5.00. The number of ether oxygens (including phenoxy) is 1. The van der Waals surface area contributed by atoms with Gasteiger partial charge in [0.1, 0.15) is 5.75 Å². The molecule has 3 unspecified atom stereocenters. The van der Waals surface area contributed by atoms with Crippen molar-refractivity contribution in [3.05, 3.63) is 29.3 Å². The van der Waals surface area contributed by atoms with Crippen molar-refractivity contribution in [2.75, 3.05) is 27.2 Å². The highest BCUT2D eigenvalue weighted by atomic mass is 16.5. The van der Waals surface area contributed by atoms with E-state index in [1.807, 2.05) is 0 Å². The monoisotopic (exact) mass is 300 g/mol. The van der Waals surface area contributed by atoms with E-state index in [1.165, 1.54) is 49.9 Å². The van der Waals surface area contributed by atoms with Gasteiger partial charge in [-0.15, -0.1) is 0 Å². The van der Waals surface area contributed by atoms with Crippen LogP contribution in [0.5, 0.6) is 5.75 Å². The minimum absolute atomic E-state index is 0.224. The summed E-state index contributed by atoms with van der Waals surface area (Å²) in [6.07, 6.45) is 5.30. The summed E-state index contributed by atoms with van der Waals surface area (Å²) in [6, 6.07) is 7.89. The fourth-order valence-electron chi connectivity index (χ4n) is 4.87. The number of nitrogens with one attached hydrogen (secondary N) is 1. The van der Waals surface area contributed by atoms with Crippen molar-refractivity contribution in [1.29, 1.82) is 0 Å². The van der Waals surface area contributed by atoms with E-state index in [0.717, 1.165) is 11.7 Å². The summed E-state index contributed by atoms with van der Waals surface area (Å²) in [5.41, 5.74) is 3.26. The van der Waals surface area contributed by atoms with E-state index in [9.17, 15) is 0 Å². The number of nitrogens with zero attached hydrogens (tertiary/aromatic N) is 1. The van der Waals surface area contributed by atoms with Crippen LogP contribution in [0.2, 0.25) is 0 Å². The lowest BCUT2D eigenvalue weighted by molar-refractivity contribution is 0.0464. The molecule has 1 saturated heterocycles. The van der Waals surface area contributed by atoms with Gasteiger partial charge in [0.15, 0.2) is 0 Å². The normalized spacial score (nSPS) is 34.3. The van der Waals surface area contributed by atoms with Gasteiger partial charge in [0.25, 0.3) is 0 Å². The first-order valence-electron chi connectivity index (χ1n) is 8.74. The number of rotatable bonds is 4. The van der Waals surface area contributed by atoms with Gasteiger partial charge in [-0.1, -0.05) is 13.0 Å². The molecule has 22 heavy (non-hydrogen) atoms. The number of fused-ring (bicyclic) bond motifs is 4. The fraction of sp³-hybridized carbons (Fsp3) is 0.684. The molecule has 1 aromatic rings. The van der Waals surface area contributed by atoms with E-state index >= 15 is 0 Å². The minimum atomic E-state index is 0.224. The van der Waals surface area contributed by atoms with Crippen LogP contribution >= 0.6 is 0 Å². The maximum Gasteiger partial charge on any atom is 0.119 e. The van der Waals surface area contributed by atoms with Gasteiger partial charge >= 0.3 is 0 Å². The second-order valence-corrected chi connectivity index (χ2v) is 7.67. The highest BCUT2D eigenvalue weighted by Gasteiger charge is 2.50. The SMILES string of the molecule is CNC1C2Cc3ccc(OC)cc3C1(C)CCN2CC1CC1. The lowest BCUT2D eigenvalue weighted by atomic mass is 9.61. The lowest BCUT2D eigenvalue weighted by Gasteiger charge is -2.55. The zero-order valence-corrected chi connectivity index (χ0v) is 14.1. The number of hydrogen-bond acceptors (Lipinski definition) is 3. The molecule has 2 fully saturated rings. The van der Waals surface area contributed by atoms with Gasteiger partial charge in [-0.25, -0.2) is 0 Å². The third-order valence-corrected chi connectivity index (χ3v) is 6.32. The molecule has 1 aromatic carbocycles. The van der Waals surface area contributed by atoms with Crippen LogP contribution in [-0.2, 0) is 11.8 Å². The molecule has 3 nitrogen and oxygen atoms in total. The van der Waals surface area contributed by atoms with E-state index in [4.69, 9.17) is 4.74 Å². The first-order chi connectivity index (χ1) is 10.7. The van der Waals surface area contributed by atoms with E-state index in [0.29, 0.717) is 12.1 Å². The molecule has 1 aliphatic heterocycles. The Hall–Kier alpha value is -1.06. The number of likely N-dealkylation sites (N-methyl/N-ethyl adjacent to an activating group) is 1. The fourth-order valence-corrected chi connectivity index (χ4v) is 4.87. The maximum absolute atomic E-state index is 5.48. The maximum atomic E-state index is 5.48. The quantitative estimate of drug-likeness (QED) is 0.925. The molecule has 1 saturated carbocycles. The van der Waals surface area contributed by atoms with Crippen LogP contribution in [0.15, 0.2) is 18.2 Å². The molecule has 3 atom stereocenters. The van der Waals surface area contributed by atoms with Crippen LogP contribution < -0.4 is 10.1 Å². The largest absolute Gasteiger partial charge is 0.497 e. The van der Waals surface area contributed by atoms with Crippen LogP contribution in [0.1, 0.15) is 37.3 Å². The summed E-state index contributed by atoms with van der Waals surface area (Å²) >= 11 is 0. The summed E-state index contributed by atoms with van der Waals surface area (Å²) in [7, 11) is 3.91. The molecular formula is C19H28N2O. The molecule has 3 heteroatoms. The molecule has 3 aliphatic rings. The zero-order valence-electron chi connectivity index (χ0n) is 14.1. The van der Waals surface area contributed by atoms with Gasteiger partial charge in [-0.3, -0.25) is 4.90 Å². The number of methoxy groups -OCH3 is 1. The minimum Gasteiger partial charge on any atom is -0.497 e. The van der Waals surface area contributed by atoms with E-state index < -0.39 is 0 Å². The number of likely N-dealkylation sites (tertiary alicyclic amines) is 1. The summed E-state index contributed by atoms with van der Waals surface area (Å²) in [4.78, 5) is 2.77. The van der Waals surface area contributed by atoms with Crippen molar-refractivity contribution in [1.82, 2.24) is 10.2 Å². The molecule has 1 heterocycles. The van der Waals surface area contributed by atoms with Crippen molar-refractivity contribution in [3.8, 4) is 5.75 Å². The van der Waals surface area contributed by atoms with Gasteiger partial charge in [0.05, 0.1) is 7.11 Å². The van der Waals surface area contributed by atoms with Crippen LogP contribution in [0, 0.1) is 5.92 Å². The Morgan fingerprint density at radius 1 is 1.36 bits per heavy atom. The van der Waals surface area contributed by atoms with E-state index in [1.54, 1.807) is 7.11 Å². The number of benzene rings is 1. The van der Waals surface area contributed by atoms with Crippen molar-refractivity contribution in [3.63, 3.8) is 0 Å². The Morgan fingerprint density at radius 2 is 2.18 bits per heavy atom. The second-order valence-electron chi connectivity index (χ2n) is 7.67. The molecule has 0 radical (unpaired) electrons. The van der Waals surface area contributed by atoms with Crippen LogP contribution in [-0.4, -0.2) is 44.2 Å².